The largest absolute Gasteiger partial charge is 0.508 e. The van der Waals surface area contributed by atoms with E-state index in [9.17, 15) is 9.90 Å². The van der Waals surface area contributed by atoms with Gasteiger partial charge in [-0.05, 0) is 38.3 Å². The third-order valence-electron chi connectivity index (χ3n) is 5.29. The molecule has 128 valence electrons. The molecular formula is C21H27NO2. The summed E-state index contributed by atoms with van der Waals surface area (Å²) in [6, 6.07) is 0. The second kappa shape index (κ2) is 7.35. The lowest BCUT2D eigenvalue weighted by molar-refractivity contribution is -0.120. The molecule has 1 N–H and O–H groups in total. The first-order valence-electron chi connectivity index (χ1n) is 9.01. The van der Waals surface area contributed by atoms with Crippen LogP contribution in [-0.2, 0) is 4.79 Å². The molecule has 0 aromatic carbocycles. The van der Waals surface area contributed by atoms with Crippen LogP contribution >= 0.6 is 0 Å². The molecule has 1 aliphatic heterocycles. The van der Waals surface area contributed by atoms with Gasteiger partial charge in [-0.1, -0.05) is 43.4 Å². The van der Waals surface area contributed by atoms with Crippen molar-refractivity contribution in [3.05, 3.63) is 59.4 Å². The fraction of sp³-hybridized carbons (Fsp3) is 0.476. The Hall–Kier alpha value is -1.87. The highest BCUT2D eigenvalue weighted by molar-refractivity contribution is 6.00. The Kier molecular flexibility index (Phi) is 5.20. The first kappa shape index (κ1) is 17.0. The Morgan fingerprint density at radius 1 is 1.38 bits per heavy atom. The van der Waals surface area contributed by atoms with Crippen molar-refractivity contribution in [1.29, 1.82) is 0 Å². The lowest BCUT2D eigenvalue weighted by Gasteiger charge is -2.33. The monoisotopic (exact) mass is 325 g/mol. The van der Waals surface area contributed by atoms with Gasteiger partial charge in [0.1, 0.15) is 5.76 Å². The molecule has 1 heterocycles. The Morgan fingerprint density at radius 3 is 3.00 bits per heavy atom. The van der Waals surface area contributed by atoms with Crippen LogP contribution in [0.2, 0.25) is 0 Å². The summed E-state index contributed by atoms with van der Waals surface area (Å²) in [6.07, 6.45) is 13.5. The van der Waals surface area contributed by atoms with E-state index >= 15 is 0 Å². The van der Waals surface area contributed by atoms with E-state index in [4.69, 9.17) is 0 Å². The fourth-order valence-corrected chi connectivity index (χ4v) is 3.80. The van der Waals surface area contributed by atoms with Crippen molar-refractivity contribution in [2.24, 2.45) is 11.8 Å². The van der Waals surface area contributed by atoms with E-state index in [1.165, 1.54) is 5.57 Å². The number of allylic oxidation sites excluding steroid dienone is 7. The molecule has 0 amide bonds. The van der Waals surface area contributed by atoms with Crippen molar-refractivity contribution in [1.82, 2.24) is 4.90 Å². The van der Waals surface area contributed by atoms with Crippen molar-refractivity contribution < 1.29 is 9.90 Å². The Balaban J connectivity index is 1.67. The summed E-state index contributed by atoms with van der Waals surface area (Å²) < 4.78 is 0. The highest BCUT2D eigenvalue weighted by atomic mass is 16.3. The van der Waals surface area contributed by atoms with Gasteiger partial charge in [0.15, 0.2) is 5.78 Å². The molecule has 0 aromatic heterocycles. The predicted molar refractivity (Wildman–Crippen MR) is 97.7 cm³/mol. The van der Waals surface area contributed by atoms with E-state index in [1.54, 1.807) is 6.08 Å². The molecule has 1 unspecified atom stereocenters. The molecule has 3 rings (SSSR count). The molecule has 0 radical (unpaired) electrons. The lowest BCUT2D eigenvalue weighted by atomic mass is 9.81. The van der Waals surface area contributed by atoms with Crippen LogP contribution in [0.3, 0.4) is 0 Å². The number of ketones is 1. The van der Waals surface area contributed by atoms with Gasteiger partial charge in [0.05, 0.1) is 0 Å². The number of hydrogen-bond donors (Lipinski definition) is 1. The van der Waals surface area contributed by atoms with Gasteiger partial charge in [-0.15, -0.1) is 0 Å². The lowest BCUT2D eigenvalue weighted by Crippen LogP contribution is -2.40. The number of rotatable bonds is 5. The summed E-state index contributed by atoms with van der Waals surface area (Å²) >= 11 is 0. The molecule has 3 aliphatic rings. The first-order valence-corrected chi connectivity index (χ1v) is 9.01. The SMILES string of the molecule is C=C(CC)CN1CCC[C@H](C(=O)C2=CC3CC=CC(O)=C3C=C2)C1. The van der Waals surface area contributed by atoms with Crippen LogP contribution in [0.25, 0.3) is 0 Å². The Morgan fingerprint density at radius 2 is 2.21 bits per heavy atom. The predicted octanol–water partition coefficient (Wildman–Crippen LogP) is 4.12. The zero-order valence-electron chi connectivity index (χ0n) is 14.5. The fourth-order valence-electron chi connectivity index (χ4n) is 3.80. The van der Waals surface area contributed by atoms with Gasteiger partial charge in [0.25, 0.3) is 0 Å². The van der Waals surface area contributed by atoms with Gasteiger partial charge < -0.3 is 5.11 Å². The number of aliphatic hydroxyl groups is 1. The maximum Gasteiger partial charge on any atom is 0.166 e. The Bertz CT molecular complexity index is 651. The van der Waals surface area contributed by atoms with Gasteiger partial charge in [-0.3, -0.25) is 9.69 Å². The molecule has 2 atom stereocenters. The smallest absolute Gasteiger partial charge is 0.166 e. The van der Waals surface area contributed by atoms with Gasteiger partial charge in [-0.2, -0.15) is 0 Å². The second-order valence-electron chi connectivity index (χ2n) is 7.08. The summed E-state index contributed by atoms with van der Waals surface area (Å²) in [5.41, 5.74) is 2.98. The zero-order chi connectivity index (χ0) is 17.1. The van der Waals surface area contributed by atoms with Crippen LogP contribution < -0.4 is 0 Å². The number of likely N-dealkylation sites (tertiary alicyclic amines) is 1. The minimum absolute atomic E-state index is 0.0811. The molecule has 0 bridgehead atoms. The standard InChI is InChI=1S/C21H27NO2/c1-3-15(2)13-22-11-5-7-18(14-22)21(24)17-9-10-19-16(12-17)6-4-8-20(19)23/h4,8-10,12,16,18,23H,2-3,5-7,11,13-14H2,1H3/t16?,18-/m0/s1. The van der Waals surface area contributed by atoms with E-state index in [-0.39, 0.29) is 17.6 Å². The van der Waals surface area contributed by atoms with Crippen molar-refractivity contribution in [2.75, 3.05) is 19.6 Å². The molecule has 24 heavy (non-hydrogen) atoms. The zero-order valence-corrected chi connectivity index (χ0v) is 14.5. The summed E-state index contributed by atoms with van der Waals surface area (Å²) in [5, 5.41) is 9.93. The molecule has 0 saturated carbocycles. The minimum Gasteiger partial charge on any atom is -0.508 e. The highest BCUT2D eigenvalue weighted by Gasteiger charge is 2.29. The first-order chi connectivity index (χ1) is 11.6. The highest BCUT2D eigenvalue weighted by Crippen LogP contribution is 2.33. The van der Waals surface area contributed by atoms with Gasteiger partial charge >= 0.3 is 0 Å². The van der Waals surface area contributed by atoms with Gasteiger partial charge in [0, 0.05) is 36.1 Å². The number of hydrogen-bond acceptors (Lipinski definition) is 3. The molecule has 0 spiro atoms. The summed E-state index contributed by atoms with van der Waals surface area (Å²) in [4.78, 5) is 15.3. The number of piperidine rings is 1. The molecule has 2 aliphatic carbocycles. The van der Waals surface area contributed by atoms with E-state index in [0.717, 1.165) is 56.5 Å². The molecular weight excluding hydrogens is 298 g/mol. The van der Waals surface area contributed by atoms with Crippen LogP contribution in [0.4, 0.5) is 0 Å². The van der Waals surface area contributed by atoms with Crippen molar-refractivity contribution in [3.8, 4) is 0 Å². The normalized spacial score (nSPS) is 27.0. The summed E-state index contributed by atoms with van der Waals surface area (Å²) in [7, 11) is 0. The third-order valence-corrected chi connectivity index (χ3v) is 5.29. The van der Waals surface area contributed by atoms with Crippen LogP contribution in [0.5, 0.6) is 0 Å². The quantitative estimate of drug-likeness (QED) is 0.773. The Labute approximate surface area is 144 Å². The van der Waals surface area contributed by atoms with Crippen LogP contribution in [0.15, 0.2) is 59.4 Å². The molecule has 3 heteroatoms. The minimum atomic E-state index is 0.0811. The average molecular weight is 325 g/mol. The second-order valence-corrected chi connectivity index (χ2v) is 7.08. The van der Waals surface area contributed by atoms with E-state index in [1.807, 2.05) is 24.3 Å². The van der Waals surface area contributed by atoms with Crippen LogP contribution in [0, 0.1) is 11.8 Å². The van der Waals surface area contributed by atoms with Crippen molar-refractivity contribution in [2.45, 2.75) is 32.6 Å². The number of fused-ring (bicyclic) bond motifs is 1. The molecule has 1 saturated heterocycles. The van der Waals surface area contributed by atoms with Gasteiger partial charge in [0.2, 0.25) is 0 Å². The maximum atomic E-state index is 12.9. The van der Waals surface area contributed by atoms with Crippen molar-refractivity contribution in [3.63, 3.8) is 0 Å². The van der Waals surface area contributed by atoms with E-state index in [0.29, 0.717) is 5.76 Å². The summed E-state index contributed by atoms with van der Waals surface area (Å²) in [6.45, 7) is 9.03. The molecule has 1 fully saturated rings. The topological polar surface area (TPSA) is 40.5 Å². The maximum absolute atomic E-state index is 12.9. The van der Waals surface area contributed by atoms with Crippen LogP contribution in [-0.4, -0.2) is 35.4 Å². The third kappa shape index (κ3) is 3.62. The number of carbonyl (C=O) groups is 1. The van der Waals surface area contributed by atoms with E-state index in [2.05, 4.69) is 18.4 Å². The van der Waals surface area contributed by atoms with E-state index < -0.39 is 0 Å². The number of carbonyl (C=O) groups excluding carboxylic acids is 1. The summed E-state index contributed by atoms with van der Waals surface area (Å²) in [5.74, 6) is 0.800. The van der Waals surface area contributed by atoms with Gasteiger partial charge in [-0.25, -0.2) is 0 Å². The number of Topliss-reactive ketones (excluding diaryl/α,β-unsaturated/α-hetero) is 1. The molecule has 3 nitrogen and oxygen atoms in total. The average Bonchev–Trinajstić information content (AvgIpc) is 2.61. The number of nitrogens with zero attached hydrogens (tertiary/aromatic N) is 1. The van der Waals surface area contributed by atoms with Crippen molar-refractivity contribution >= 4 is 5.78 Å². The number of aliphatic hydroxyl groups excluding tert-OH is 1. The molecule has 0 aromatic rings. The van der Waals surface area contributed by atoms with Crippen LogP contribution in [0.1, 0.15) is 32.6 Å².